The number of ether oxygens (including phenoxy) is 2. The van der Waals surface area contributed by atoms with Crippen molar-refractivity contribution in [2.45, 2.75) is 32.0 Å². The molecule has 0 unspecified atom stereocenters. The highest BCUT2D eigenvalue weighted by molar-refractivity contribution is 5.91. The first-order valence-electron chi connectivity index (χ1n) is 11.2. The Balaban J connectivity index is 1.66. The number of alkyl halides is 3. The maximum Gasteiger partial charge on any atom is 0.419 e. The Morgan fingerprint density at radius 2 is 1.97 bits per heavy atom. The first-order valence-corrected chi connectivity index (χ1v) is 11.2. The number of nitriles is 1. The number of halogens is 3. The monoisotopic (exact) mass is 473 g/mol. The Hall–Kier alpha value is -3.16. The van der Waals surface area contributed by atoms with Crippen LogP contribution in [0.3, 0.4) is 0 Å². The van der Waals surface area contributed by atoms with Crippen molar-refractivity contribution in [2.75, 3.05) is 33.4 Å². The third-order valence-electron chi connectivity index (χ3n) is 6.06. The molecule has 1 saturated heterocycles. The number of hydrogen-bond donors (Lipinski definition) is 1. The number of aromatic nitrogens is 3. The van der Waals surface area contributed by atoms with Gasteiger partial charge in [-0.3, -0.25) is 0 Å². The molecular formula is C24H26F3N5O2. The number of methoxy groups -OCH3 is 1. The molecule has 1 fully saturated rings. The van der Waals surface area contributed by atoms with Gasteiger partial charge in [0.25, 0.3) is 0 Å². The van der Waals surface area contributed by atoms with Crippen LogP contribution in [0.4, 0.5) is 13.2 Å². The van der Waals surface area contributed by atoms with E-state index >= 15 is 0 Å². The van der Waals surface area contributed by atoms with E-state index in [9.17, 15) is 18.4 Å². The highest BCUT2D eigenvalue weighted by Crippen LogP contribution is 2.40. The fourth-order valence-corrected chi connectivity index (χ4v) is 4.24. The summed E-state index contributed by atoms with van der Waals surface area (Å²) in [4.78, 5) is 8.48. The van der Waals surface area contributed by atoms with Gasteiger partial charge in [-0.2, -0.15) is 18.4 Å². The average Bonchev–Trinajstić information content (AvgIpc) is 3.25. The van der Waals surface area contributed by atoms with Gasteiger partial charge in [0.15, 0.2) is 0 Å². The van der Waals surface area contributed by atoms with E-state index in [0.717, 1.165) is 32.0 Å². The predicted octanol–water partition coefficient (Wildman–Crippen LogP) is 4.40. The van der Waals surface area contributed by atoms with Gasteiger partial charge in [-0.05, 0) is 62.5 Å². The largest absolute Gasteiger partial charge is 0.493 e. The third kappa shape index (κ3) is 5.32. The molecule has 7 nitrogen and oxygen atoms in total. The van der Waals surface area contributed by atoms with E-state index in [1.54, 1.807) is 30.0 Å². The van der Waals surface area contributed by atoms with Crippen LogP contribution in [-0.2, 0) is 17.5 Å². The van der Waals surface area contributed by atoms with Crippen LogP contribution < -0.4 is 10.1 Å². The predicted molar refractivity (Wildman–Crippen MR) is 120 cm³/mol. The molecule has 1 aliphatic heterocycles. The average molecular weight is 473 g/mol. The summed E-state index contributed by atoms with van der Waals surface area (Å²) in [6.45, 7) is 2.99. The minimum atomic E-state index is -4.60. The Morgan fingerprint density at radius 1 is 1.18 bits per heavy atom. The lowest BCUT2D eigenvalue weighted by Crippen LogP contribution is -2.28. The van der Waals surface area contributed by atoms with Gasteiger partial charge in [0.2, 0.25) is 5.82 Å². The fraction of sp³-hybridized carbons (Fsp3) is 0.458. The highest BCUT2D eigenvalue weighted by Gasteiger charge is 2.35. The van der Waals surface area contributed by atoms with Crippen molar-refractivity contribution in [3.63, 3.8) is 0 Å². The van der Waals surface area contributed by atoms with Gasteiger partial charge < -0.3 is 19.4 Å². The zero-order chi connectivity index (χ0) is 24.1. The first kappa shape index (κ1) is 24.0. The summed E-state index contributed by atoms with van der Waals surface area (Å²) in [6.07, 6.45) is -0.124. The zero-order valence-corrected chi connectivity index (χ0v) is 18.9. The molecule has 4 rings (SSSR count). The molecule has 0 atom stereocenters. The van der Waals surface area contributed by atoms with Crippen molar-refractivity contribution in [2.24, 2.45) is 5.92 Å². The van der Waals surface area contributed by atoms with Gasteiger partial charge >= 0.3 is 6.18 Å². The second-order valence-electron chi connectivity index (χ2n) is 8.29. The molecule has 3 heterocycles. The smallest absolute Gasteiger partial charge is 0.419 e. The quantitative estimate of drug-likeness (QED) is 0.522. The first-order chi connectivity index (χ1) is 16.4. The van der Waals surface area contributed by atoms with Crippen molar-refractivity contribution >= 4 is 11.0 Å². The molecule has 0 saturated carbocycles. The lowest BCUT2D eigenvalue weighted by molar-refractivity contribution is -0.138. The van der Waals surface area contributed by atoms with Gasteiger partial charge in [0.05, 0.1) is 24.5 Å². The minimum Gasteiger partial charge on any atom is -0.493 e. The van der Waals surface area contributed by atoms with E-state index in [4.69, 9.17) is 9.47 Å². The molecule has 1 N–H and O–H groups in total. The lowest BCUT2D eigenvalue weighted by Gasteiger charge is -2.23. The van der Waals surface area contributed by atoms with Crippen molar-refractivity contribution in [3.05, 3.63) is 41.9 Å². The van der Waals surface area contributed by atoms with Crippen molar-refractivity contribution in [3.8, 4) is 23.1 Å². The molecule has 0 spiro atoms. The van der Waals surface area contributed by atoms with Crippen LogP contribution >= 0.6 is 0 Å². The number of nitrogens with one attached hydrogen (secondary N) is 1. The number of piperidine rings is 1. The van der Waals surface area contributed by atoms with Gasteiger partial charge in [-0.15, -0.1) is 0 Å². The summed E-state index contributed by atoms with van der Waals surface area (Å²) in [6, 6.07) is 7.55. The van der Waals surface area contributed by atoms with E-state index in [1.165, 1.54) is 6.07 Å². The Morgan fingerprint density at radius 3 is 2.68 bits per heavy atom. The van der Waals surface area contributed by atoms with Crippen molar-refractivity contribution in [1.29, 1.82) is 5.26 Å². The van der Waals surface area contributed by atoms with Crippen LogP contribution in [0.2, 0.25) is 0 Å². The van der Waals surface area contributed by atoms with E-state index in [1.807, 2.05) is 6.07 Å². The second-order valence-corrected chi connectivity index (χ2v) is 8.29. The molecule has 1 aliphatic rings. The standard InChI is InChI=1S/C24H26F3N5O2/c1-33-13-11-32-10-6-18-22(30-21(15-28)31-23(18)32)17-2-3-20(19(14-17)24(25,26)27)34-12-7-16-4-8-29-9-5-16/h2-3,6,10,14,16,29H,4-5,7-9,11-13H2,1H3. The molecule has 180 valence electrons. The van der Waals surface area contributed by atoms with E-state index in [2.05, 4.69) is 15.3 Å². The summed E-state index contributed by atoms with van der Waals surface area (Å²) in [5.74, 6) is 0.139. The molecule has 1 aromatic carbocycles. The third-order valence-corrected chi connectivity index (χ3v) is 6.06. The van der Waals surface area contributed by atoms with Crippen molar-refractivity contribution < 1.29 is 22.6 Å². The summed E-state index contributed by atoms with van der Waals surface area (Å²) in [5.41, 5.74) is 0.116. The Bertz CT molecular complexity index is 1180. The number of hydrogen-bond acceptors (Lipinski definition) is 6. The molecular weight excluding hydrogens is 447 g/mol. The molecule has 0 amide bonds. The maximum absolute atomic E-state index is 13.9. The van der Waals surface area contributed by atoms with Gasteiger partial charge in [-0.1, -0.05) is 0 Å². The molecule has 3 aromatic rings. The van der Waals surface area contributed by atoms with Crippen LogP contribution in [0.1, 0.15) is 30.7 Å². The SMILES string of the molecule is COCCn1ccc2c(-c3ccc(OCCC4CCNCC4)c(C(F)(F)F)c3)nc(C#N)nc21. The minimum absolute atomic E-state index is 0.115. The van der Waals surface area contributed by atoms with Gasteiger partial charge in [0, 0.05) is 30.8 Å². The lowest BCUT2D eigenvalue weighted by atomic mass is 9.95. The van der Waals surface area contributed by atoms with Crippen LogP contribution in [0.5, 0.6) is 5.75 Å². The molecule has 10 heteroatoms. The van der Waals surface area contributed by atoms with E-state index in [0.29, 0.717) is 36.5 Å². The number of nitrogens with zero attached hydrogens (tertiary/aromatic N) is 4. The summed E-state index contributed by atoms with van der Waals surface area (Å²) in [5, 5.41) is 13.2. The highest BCUT2D eigenvalue weighted by atomic mass is 19.4. The second kappa shape index (κ2) is 10.4. The maximum atomic E-state index is 13.9. The van der Waals surface area contributed by atoms with E-state index in [-0.39, 0.29) is 29.4 Å². The molecule has 2 aromatic heterocycles. The fourth-order valence-electron chi connectivity index (χ4n) is 4.24. The topological polar surface area (TPSA) is 85.0 Å². The number of rotatable bonds is 8. The normalized spacial score (nSPS) is 14.9. The van der Waals surface area contributed by atoms with Gasteiger partial charge in [-0.25, -0.2) is 9.97 Å². The molecule has 34 heavy (non-hydrogen) atoms. The summed E-state index contributed by atoms with van der Waals surface area (Å²) in [7, 11) is 1.57. The molecule has 0 bridgehead atoms. The van der Waals surface area contributed by atoms with Crippen LogP contribution in [0.15, 0.2) is 30.5 Å². The Kier molecular flexibility index (Phi) is 7.34. The zero-order valence-electron chi connectivity index (χ0n) is 18.9. The van der Waals surface area contributed by atoms with Crippen LogP contribution in [0.25, 0.3) is 22.3 Å². The molecule has 0 aliphatic carbocycles. The number of benzene rings is 1. The Labute approximate surface area is 195 Å². The molecule has 0 radical (unpaired) electrons. The van der Waals surface area contributed by atoms with Crippen LogP contribution in [0, 0.1) is 17.2 Å². The van der Waals surface area contributed by atoms with Gasteiger partial charge in [0.1, 0.15) is 17.5 Å². The summed E-state index contributed by atoms with van der Waals surface area (Å²) >= 11 is 0. The summed E-state index contributed by atoms with van der Waals surface area (Å²) < 4.78 is 54.3. The van der Waals surface area contributed by atoms with Crippen LogP contribution in [-0.4, -0.2) is 47.9 Å². The van der Waals surface area contributed by atoms with E-state index < -0.39 is 11.7 Å². The number of fused-ring (bicyclic) bond motifs is 1. The van der Waals surface area contributed by atoms with Crippen molar-refractivity contribution in [1.82, 2.24) is 19.9 Å².